The van der Waals surface area contributed by atoms with Crippen LogP contribution in [0.4, 0.5) is 0 Å². The molecule has 2 heterocycles. The van der Waals surface area contributed by atoms with E-state index in [1.807, 2.05) is 60.7 Å². The van der Waals surface area contributed by atoms with Gasteiger partial charge >= 0.3 is 0 Å². The van der Waals surface area contributed by atoms with Gasteiger partial charge in [0.05, 0.1) is 18.5 Å². The minimum absolute atomic E-state index is 0.00241. The predicted molar refractivity (Wildman–Crippen MR) is 114 cm³/mol. The van der Waals surface area contributed by atoms with Crippen molar-refractivity contribution < 1.29 is 14.4 Å². The molecule has 0 bridgehead atoms. The molecule has 150 valence electrons. The van der Waals surface area contributed by atoms with E-state index in [1.165, 1.54) is 15.9 Å². The van der Waals surface area contributed by atoms with Crippen LogP contribution in [0.25, 0.3) is 17.0 Å². The van der Waals surface area contributed by atoms with Crippen molar-refractivity contribution in [2.45, 2.75) is 19.0 Å². The van der Waals surface area contributed by atoms with E-state index in [2.05, 4.69) is 4.98 Å². The van der Waals surface area contributed by atoms with E-state index < -0.39 is 6.04 Å². The van der Waals surface area contributed by atoms with E-state index in [1.54, 1.807) is 19.3 Å². The molecule has 0 aliphatic carbocycles. The first kappa shape index (κ1) is 19.5. The molecule has 0 radical (unpaired) electrons. The van der Waals surface area contributed by atoms with E-state index in [9.17, 15) is 14.4 Å². The maximum atomic E-state index is 12.8. The number of carbonyl (C=O) groups is 3. The molecular weight excluding hydrogens is 378 g/mol. The summed E-state index contributed by atoms with van der Waals surface area (Å²) >= 11 is 0. The molecule has 6 heteroatoms. The molecule has 1 fully saturated rings. The Morgan fingerprint density at radius 1 is 1.10 bits per heavy atom. The van der Waals surface area contributed by atoms with Gasteiger partial charge in [0, 0.05) is 30.3 Å². The van der Waals surface area contributed by atoms with Crippen molar-refractivity contribution in [2.75, 3.05) is 7.05 Å². The molecular formula is C24H21N3O3. The Labute approximate surface area is 174 Å². The van der Waals surface area contributed by atoms with Crippen LogP contribution in [0.2, 0.25) is 0 Å². The number of hydrogen-bond acceptors (Lipinski definition) is 4. The van der Waals surface area contributed by atoms with E-state index in [0.29, 0.717) is 0 Å². The van der Waals surface area contributed by atoms with Crippen LogP contribution in [0.3, 0.4) is 0 Å². The first-order valence-corrected chi connectivity index (χ1v) is 9.71. The quantitative estimate of drug-likeness (QED) is 0.488. The van der Waals surface area contributed by atoms with E-state index in [0.717, 1.165) is 22.0 Å². The lowest BCUT2D eigenvalue weighted by atomic mass is 10.1. The molecule has 30 heavy (non-hydrogen) atoms. The average molecular weight is 399 g/mol. The fourth-order valence-electron chi connectivity index (χ4n) is 3.59. The number of hydrogen-bond donors (Lipinski definition) is 0. The zero-order valence-corrected chi connectivity index (χ0v) is 16.6. The number of nitrogens with zero attached hydrogens (tertiary/aromatic N) is 3. The molecule has 3 aromatic rings. The maximum Gasteiger partial charge on any atom is 0.252 e. The van der Waals surface area contributed by atoms with Crippen molar-refractivity contribution in [1.82, 2.24) is 14.8 Å². The summed E-state index contributed by atoms with van der Waals surface area (Å²) < 4.78 is 0. The molecule has 0 N–H and O–H groups in total. The Hall–Kier alpha value is -3.80. The number of imide groups is 1. The van der Waals surface area contributed by atoms with Gasteiger partial charge < -0.3 is 4.90 Å². The zero-order chi connectivity index (χ0) is 21.1. The summed E-state index contributed by atoms with van der Waals surface area (Å²) in [5, 5.41) is 0.980. The van der Waals surface area contributed by atoms with E-state index in [-0.39, 0.29) is 30.7 Å². The third-order valence-corrected chi connectivity index (χ3v) is 5.29. The number of likely N-dealkylation sites (N-methyl/N-ethyl adjacent to an activating group) is 1. The number of likely N-dealkylation sites (tertiary alicyclic amines) is 1. The minimum atomic E-state index is -0.788. The Kier molecular flexibility index (Phi) is 5.39. The van der Waals surface area contributed by atoms with Crippen molar-refractivity contribution in [3.63, 3.8) is 0 Å². The monoisotopic (exact) mass is 399 g/mol. The van der Waals surface area contributed by atoms with Crippen molar-refractivity contribution in [2.24, 2.45) is 0 Å². The highest BCUT2D eigenvalue weighted by atomic mass is 16.2. The molecule has 4 rings (SSSR count). The molecule has 1 saturated heterocycles. The van der Waals surface area contributed by atoms with Crippen LogP contribution in [0.1, 0.15) is 17.5 Å². The fraction of sp³-hybridized carbons (Fsp3) is 0.167. The van der Waals surface area contributed by atoms with Gasteiger partial charge in [-0.2, -0.15) is 0 Å². The molecule has 2 aromatic carbocycles. The molecule has 1 aliphatic rings. The molecule has 1 atom stereocenters. The highest BCUT2D eigenvalue weighted by Gasteiger charge is 2.41. The van der Waals surface area contributed by atoms with Crippen LogP contribution < -0.4 is 0 Å². The first-order valence-electron chi connectivity index (χ1n) is 9.71. The van der Waals surface area contributed by atoms with Crippen molar-refractivity contribution in [3.05, 3.63) is 84.1 Å². The van der Waals surface area contributed by atoms with Crippen LogP contribution in [0, 0.1) is 0 Å². The standard InChI is InChI=1S/C24H21N3O3/c1-26(20-15-22(29)27(24(20)30)16-17-7-3-2-4-8-17)21(28)13-12-19-10-5-9-18-11-6-14-25-23(18)19/h2-14,20H,15-16H2,1H3/b13-12-/t20-/m0/s1. The number of carbonyl (C=O) groups excluding carboxylic acids is 3. The van der Waals surface area contributed by atoms with Gasteiger partial charge in [0.1, 0.15) is 6.04 Å². The first-order chi connectivity index (χ1) is 14.5. The normalized spacial score (nSPS) is 16.6. The Bertz CT molecular complexity index is 1140. The maximum absolute atomic E-state index is 12.8. The van der Waals surface area contributed by atoms with Gasteiger partial charge in [0.25, 0.3) is 5.91 Å². The van der Waals surface area contributed by atoms with Crippen LogP contribution in [-0.2, 0) is 20.9 Å². The van der Waals surface area contributed by atoms with Crippen LogP contribution in [0.5, 0.6) is 0 Å². The summed E-state index contributed by atoms with van der Waals surface area (Å²) in [4.78, 5) is 44.8. The Morgan fingerprint density at radius 3 is 2.67 bits per heavy atom. The van der Waals surface area contributed by atoms with Crippen LogP contribution >= 0.6 is 0 Å². The van der Waals surface area contributed by atoms with Crippen LogP contribution in [-0.4, -0.2) is 45.6 Å². The molecule has 0 unspecified atom stereocenters. The lowest BCUT2D eigenvalue weighted by Crippen LogP contribution is -2.42. The number of para-hydroxylation sites is 1. The van der Waals surface area contributed by atoms with Crippen molar-refractivity contribution >= 4 is 34.7 Å². The summed E-state index contributed by atoms with van der Waals surface area (Å²) in [5.41, 5.74) is 2.49. The molecule has 0 spiro atoms. The summed E-state index contributed by atoms with van der Waals surface area (Å²) in [5.74, 6) is -0.952. The van der Waals surface area contributed by atoms with Gasteiger partial charge in [-0.05, 0) is 17.7 Å². The second-order valence-electron chi connectivity index (χ2n) is 7.23. The van der Waals surface area contributed by atoms with E-state index >= 15 is 0 Å². The SMILES string of the molecule is CN(C(=O)/C=C\c1cccc2cccnc12)[C@H]1CC(=O)N(Cc2ccccc2)C1=O. The van der Waals surface area contributed by atoms with E-state index in [4.69, 9.17) is 0 Å². The van der Waals surface area contributed by atoms with Gasteiger partial charge in [0.15, 0.2) is 0 Å². The van der Waals surface area contributed by atoms with Gasteiger partial charge in [-0.25, -0.2) is 0 Å². The molecule has 1 aromatic heterocycles. The number of rotatable bonds is 5. The lowest BCUT2D eigenvalue weighted by Gasteiger charge is -2.22. The number of pyridine rings is 1. The molecule has 3 amide bonds. The van der Waals surface area contributed by atoms with Crippen molar-refractivity contribution in [1.29, 1.82) is 0 Å². The Morgan fingerprint density at radius 2 is 1.87 bits per heavy atom. The number of benzene rings is 2. The van der Waals surface area contributed by atoms with Crippen molar-refractivity contribution in [3.8, 4) is 0 Å². The molecule has 0 saturated carbocycles. The summed E-state index contributed by atoms with van der Waals surface area (Å²) in [7, 11) is 1.55. The smallest absolute Gasteiger partial charge is 0.252 e. The van der Waals surface area contributed by atoms with Gasteiger partial charge in [-0.1, -0.05) is 54.6 Å². The largest absolute Gasteiger partial charge is 0.330 e. The predicted octanol–water partition coefficient (Wildman–Crippen LogP) is 3.03. The third kappa shape index (κ3) is 3.85. The average Bonchev–Trinajstić information content (AvgIpc) is 3.06. The second-order valence-corrected chi connectivity index (χ2v) is 7.23. The second kappa shape index (κ2) is 8.29. The number of amides is 3. The van der Waals surface area contributed by atoms with Gasteiger partial charge in [-0.15, -0.1) is 0 Å². The topological polar surface area (TPSA) is 70.6 Å². The molecule has 1 aliphatic heterocycles. The minimum Gasteiger partial charge on any atom is -0.330 e. The summed E-state index contributed by atoms with van der Waals surface area (Å²) in [6.45, 7) is 0.217. The third-order valence-electron chi connectivity index (χ3n) is 5.29. The highest BCUT2D eigenvalue weighted by Crippen LogP contribution is 2.21. The number of fused-ring (bicyclic) bond motifs is 1. The highest BCUT2D eigenvalue weighted by molar-refractivity contribution is 6.07. The van der Waals surface area contributed by atoms with Gasteiger partial charge in [-0.3, -0.25) is 24.3 Å². The lowest BCUT2D eigenvalue weighted by molar-refractivity contribution is -0.142. The Balaban J connectivity index is 1.48. The van der Waals surface area contributed by atoms with Crippen LogP contribution in [0.15, 0.2) is 72.9 Å². The molecule has 6 nitrogen and oxygen atoms in total. The number of aromatic nitrogens is 1. The fourth-order valence-corrected chi connectivity index (χ4v) is 3.59. The summed E-state index contributed by atoms with van der Waals surface area (Å²) in [6, 6.07) is 18.1. The van der Waals surface area contributed by atoms with Gasteiger partial charge in [0.2, 0.25) is 11.8 Å². The summed E-state index contributed by atoms with van der Waals surface area (Å²) in [6.07, 6.45) is 4.81. The zero-order valence-electron chi connectivity index (χ0n) is 16.6.